The molecule has 22 heavy (non-hydrogen) atoms. The summed E-state index contributed by atoms with van der Waals surface area (Å²) in [5, 5.41) is 12.7. The molecule has 2 atom stereocenters. The van der Waals surface area contributed by atoms with Crippen LogP contribution >= 0.6 is 0 Å². The van der Waals surface area contributed by atoms with Crippen molar-refractivity contribution in [2.75, 3.05) is 23.4 Å². The Kier molecular flexibility index (Phi) is 5.72. The van der Waals surface area contributed by atoms with E-state index in [2.05, 4.69) is 33.3 Å². The first kappa shape index (κ1) is 16.2. The van der Waals surface area contributed by atoms with E-state index in [4.69, 9.17) is 0 Å². The molecular formula is C17H24N4O. The molecule has 0 unspecified atom stereocenters. The van der Waals surface area contributed by atoms with Crippen molar-refractivity contribution >= 4 is 11.8 Å². The molecule has 1 aromatic heterocycles. The minimum atomic E-state index is 0.0398. The lowest BCUT2D eigenvalue weighted by atomic mass is 10.1. The van der Waals surface area contributed by atoms with Crippen LogP contribution in [0.3, 0.4) is 0 Å². The van der Waals surface area contributed by atoms with Gasteiger partial charge in [0.2, 0.25) is 5.95 Å². The van der Waals surface area contributed by atoms with Gasteiger partial charge in [-0.15, -0.1) is 0 Å². The molecule has 1 aromatic rings. The van der Waals surface area contributed by atoms with E-state index in [1.165, 1.54) is 0 Å². The maximum absolute atomic E-state index is 9.45. The first-order valence-electron chi connectivity index (χ1n) is 7.61. The zero-order valence-corrected chi connectivity index (χ0v) is 13.1. The second-order valence-corrected chi connectivity index (χ2v) is 5.38. The third kappa shape index (κ3) is 3.74. The van der Waals surface area contributed by atoms with Gasteiger partial charge in [-0.3, -0.25) is 0 Å². The minimum Gasteiger partial charge on any atom is -0.394 e. The number of allylic oxidation sites excluding steroid dienone is 2. The highest BCUT2D eigenvalue weighted by molar-refractivity contribution is 5.46. The Balaban J connectivity index is 2.13. The molecule has 1 fully saturated rings. The molecule has 0 aliphatic carbocycles. The third-order valence-electron chi connectivity index (χ3n) is 3.91. The van der Waals surface area contributed by atoms with Gasteiger partial charge in [-0.05, 0) is 31.4 Å². The predicted octanol–water partition coefficient (Wildman–Crippen LogP) is 2.54. The Labute approximate surface area is 132 Å². The van der Waals surface area contributed by atoms with Crippen LogP contribution in [-0.2, 0) is 0 Å². The van der Waals surface area contributed by atoms with Crippen molar-refractivity contribution in [3.05, 3.63) is 49.2 Å². The Morgan fingerprint density at radius 1 is 1.59 bits per heavy atom. The molecule has 2 rings (SSSR count). The van der Waals surface area contributed by atoms with Crippen molar-refractivity contribution in [2.24, 2.45) is 0 Å². The number of nitrogens with one attached hydrogen (secondary N) is 1. The third-order valence-corrected chi connectivity index (χ3v) is 3.91. The van der Waals surface area contributed by atoms with Gasteiger partial charge in [0, 0.05) is 12.7 Å². The Morgan fingerprint density at radius 3 is 3.09 bits per heavy atom. The summed E-state index contributed by atoms with van der Waals surface area (Å²) in [5.41, 5.74) is 1.03. The summed E-state index contributed by atoms with van der Waals surface area (Å²) >= 11 is 0. The van der Waals surface area contributed by atoms with Crippen LogP contribution in [0.5, 0.6) is 0 Å². The first-order chi connectivity index (χ1) is 10.7. The summed E-state index contributed by atoms with van der Waals surface area (Å²) in [4.78, 5) is 11.0. The van der Waals surface area contributed by atoms with E-state index >= 15 is 0 Å². The standard InChI is InChI=1S/C17H24N4O/c1-4-7-14(5-2)13(3)19-17-18-10-9-16(20-17)21-11-6-8-15(21)12-22/h4-5,7,9-10,13,15,22H,1-2,6,8,11-12H2,3H3,(H,18,19,20)/b14-7+/t13-,15-/m0/s1. The average molecular weight is 300 g/mol. The number of aromatic nitrogens is 2. The smallest absolute Gasteiger partial charge is 0.225 e. The molecule has 0 radical (unpaired) electrons. The Bertz CT molecular complexity index is 555. The summed E-state index contributed by atoms with van der Waals surface area (Å²) in [6, 6.07) is 2.08. The van der Waals surface area contributed by atoms with Crippen LogP contribution in [0.4, 0.5) is 11.8 Å². The van der Waals surface area contributed by atoms with E-state index in [0.29, 0.717) is 5.95 Å². The second kappa shape index (κ2) is 7.75. The van der Waals surface area contributed by atoms with Crippen LogP contribution < -0.4 is 10.2 Å². The number of hydrogen-bond acceptors (Lipinski definition) is 5. The SMILES string of the molecule is C=C/C=C(\C=C)[C@H](C)Nc1nccc(N2CCC[C@H]2CO)n1. The van der Waals surface area contributed by atoms with Gasteiger partial charge in [0.1, 0.15) is 5.82 Å². The lowest BCUT2D eigenvalue weighted by Crippen LogP contribution is -2.33. The highest BCUT2D eigenvalue weighted by Gasteiger charge is 2.25. The molecule has 1 aliphatic heterocycles. The van der Waals surface area contributed by atoms with Gasteiger partial charge in [-0.1, -0.05) is 31.4 Å². The van der Waals surface area contributed by atoms with Gasteiger partial charge >= 0.3 is 0 Å². The predicted molar refractivity (Wildman–Crippen MR) is 91.0 cm³/mol. The number of hydrogen-bond donors (Lipinski definition) is 2. The summed E-state index contributed by atoms with van der Waals surface area (Å²) in [6.45, 7) is 10.6. The fourth-order valence-corrected chi connectivity index (χ4v) is 2.71. The van der Waals surface area contributed by atoms with Crippen LogP contribution in [0, 0.1) is 0 Å². The van der Waals surface area contributed by atoms with Gasteiger partial charge < -0.3 is 15.3 Å². The molecule has 0 amide bonds. The minimum absolute atomic E-state index is 0.0398. The van der Waals surface area contributed by atoms with Gasteiger partial charge in [-0.2, -0.15) is 4.98 Å². The molecule has 5 heteroatoms. The highest BCUT2D eigenvalue weighted by atomic mass is 16.3. The van der Waals surface area contributed by atoms with Crippen LogP contribution in [0.1, 0.15) is 19.8 Å². The molecule has 2 heterocycles. The van der Waals surface area contributed by atoms with Gasteiger partial charge in [0.25, 0.3) is 0 Å². The van der Waals surface area contributed by atoms with Crippen molar-refractivity contribution in [1.29, 1.82) is 0 Å². The van der Waals surface area contributed by atoms with E-state index in [0.717, 1.165) is 30.8 Å². The number of aliphatic hydroxyl groups is 1. The Hall–Kier alpha value is -2.14. The van der Waals surface area contributed by atoms with E-state index in [1.807, 2.05) is 19.1 Å². The van der Waals surface area contributed by atoms with Crippen LogP contribution in [0.15, 0.2) is 49.2 Å². The maximum Gasteiger partial charge on any atom is 0.225 e. The van der Waals surface area contributed by atoms with Crippen molar-refractivity contribution in [3.63, 3.8) is 0 Å². The highest BCUT2D eigenvalue weighted by Crippen LogP contribution is 2.24. The molecule has 5 nitrogen and oxygen atoms in total. The normalized spacial score (nSPS) is 19.8. The second-order valence-electron chi connectivity index (χ2n) is 5.38. The molecule has 2 N–H and O–H groups in total. The van der Waals surface area contributed by atoms with E-state index < -0.39 is 0 Å². The van der Waals surface area contributed by atoms with E-state index in [-0.39, 0.29) is 18.7 Å². The molecule has 118 valence electrons. The fourth-order valence-electron chi connectivity index (χ4n) is 2.71. The summed E-state index contributed by atoms with van der Waals surface area (Å²) in [7, 11) is 0. The number of nitrogens with zero attached hydrogens (tertiary/aromatic N) is 3. The van der Waals surface area contributed by atoms with E-state index in [9.17, 15) is 5.11 Å². The lowest BCUT2D eigenvalue weighted by Gasteiger charge is -2.24. The molecule has 0 spiro atoms. The number of aliphatic hydroxyl groups excluding tert-OH is 1. The van der Waals surface area contributed by atoms with Crippen molar-refractivity contribution in [3.8, 4) is 0 Å². The van der Waals surface area contributed by atoms with Crippen molar-refractivity contribution in [2.45, 2.75) is 31.8 Å². The maximum atomic E-state index is 9.45. The van der Waals surface area contributed by atoms with Crippen molar-refractivity contribution in [1.82, 2.24) is 9.97 Å². The number of anilines is 2. The molecule has 0 bridgehead atoms. The molecule has 0 aromatic carbocycles. The Morgan fingerprint density at radius 2 is 2.41 bits per heavy atom. The molecular weight excluding hydrogens is 276 g/mol. The fraction of sp³-hybridized carbons (Fsp3) is 0.412. The summed E-state index contributed by atoms with van der Waals surface area (Å²) < 4.78 is 0. The quantitative estimate of drug-likeness (QED) is 0.758. The zero-order chi connectivity index (χ0) is 15.9. The lowest BCUT2D eigenvalue weighted by molar-refractivity contribution is 0.266. The van der Waals surface area contributed by atoms with Crippen molar-refractivity contribution < 1.29 is 5.11 Å². The van der Waals surface area contributed by atoms with Gasteiger partial charge in [0.05, 0.1) is 18.7 Å². The molecule has 0 saturated carbocycles. The van der Waals surface area contributed by atoms with Gasteiger partial charge in [-0.25, -0.2) is 4.98 Å². The molecule has 1 aliphatic rings. The van der Waals surface area contributed by atoms with Crippen LogP contribution in [0.2, 0.25) is 0 Å². The largest absolute Gasteiger partial charge is 0.394 e. The first-order valence-corrected chi connectivity index (χ1v) is 7.61. The molecule has 1 saturated heterocycles. The van der Waals surface area contributed by atoms with Crippen LogP contribution in [-0.4, -0.2) is 40.3 Å². The van der Waals surface area contributed by atoms with Crippen LogP contribution in [0.25, 0.3) is 0 Å². The zero-order valence-electron chi connectivity index (χ0n) is 13.1. The average Bonchev–Trinajstić information content (AvgIpc) is 3.01. The summed E-state index contributed by atoms with van der Waals surface area (Å²) in [6.07, 6.45) is 9.28. The van der Waals surface area contributed by atoms with Gasteiger partial charge in [0.15, 0.2) is 0 Å². The number of rotatable bonds is 7. The summed E-state index contributed by atoms with van der Waals surface area (Å²) in [5.74, 6) is 1.43. The van der Waals surface area contributed by atoms with E-state index in [1.54, 1.807) is 18.3 Å². The topological polar surface area (TPSA) is 61.3 Å². The monoisotopic (exact) mass is 300 g/mol.